The van der Waals surface area contributed by atoms with Gasteiger partial charge >= 0.3 is 0 Å². The van der Waals surface area contributed by atoms with E-state index in [9.17, 15) is 13.2 Å². The number of carbonyl (C=O) groups is 1. The Morgan fingerprint density at radius 3 is 2.53 bits per heavy atom. The van der Waals surface area contributed by atoms with Gasteiger partial charge in [-0.1, -0.05) is 18.2 Å². The van der Waals surface area contributed by atoms with Crippen LogP contribution in [0, 0.1) is 6.92 Å². The summed E-state index contributed by atoms with van der Waals surface area (Å²) in [5.41, 5.74) is 2.42. The van der Waals surface area contributed by atoms with E-state index in [2.05, 4.69) is 14.8 Å². The first kappa shape index (κ1) is 22.3. The molecule has 5 rings (SSSR count). The second-order valence-electron chi connectivity index (χ2n) is 8.44. The number of nitrogens with one attached hydrogen (secondary N) is 1. The van der Waals surface area contributed by atoms with Crippen LogP contribution in [0.25, 0.3) is 22.5 Å². The molecule has 176 valence electrons. The highest BCUT2D eigenvalue weighted by atomic mass is 32.2. The number of nitrogens with zero attached hydrogens (tertiary/aromatic N) is 4. The van der Waals surface area contributed by atoms with Crippen molar-refractivity contribution in [3.05, 3.63) is 66.1 Å². The number of aromatic nitrogens is 3. The monoisotopic (exact) mass is 479 g/mol. The number of likely N-dealkylation sites (tertiary alicyclic amines) is 1. The molecule has 0 unspecified atom stereocenters. The maximum atomic E-state index is 13.6. The van der Waals surface area contributed by atoms with Crippen molar-refractivity contribution < 1.29 is 17.6 Å². The summed E-state index contributed by atoms with van der Waals surface area (Å²) >= 11 is 0. The van der Waals surface area contributed by atoms with Gasteiger partial charge in [-0.15, -0.1) is 0 Å². The molecule has 0 aliphatic carbocycles. The summed E-state index contributed by atoms with van der Waals surface area (Å²) in [4.78, 5) is 20.3. The molecule has 0 saturated carbocycles. The summed E-state index contributed by atoms with van der Waals surface area (Å²) in [6.07, 6.45) is 2.63. The van der Waals surface area contributed by atoms with Crippen molar-refractivity contribution in [3.8, 4) is 11.5 Å². The van der Waals surface area contributed by atoms with Crippen molar-refractivity contribution in [2.75, 3.05) is 13.1 Å². The lowest BCUT2D eigenvalue weighted by Gasteiger charge is -2.32. The van der Waals surface area contributed by atoms with E-state index >= 15 is 0 Å². The number of furan rings is 1. The minimum atomic E-state index is -3.60. The fourth-order valence-electron chi connectivity index (χ4n) is 4.42. The molecule has 4 heterocycles. The molecule has 1 amide bonds. The SMILES string of the molecule is Cc1nn(C)c2nc(-c3ccco3)cc(C(=O)N3CCC(NS(=O)(=O)c4ccccc4)CC3)c12. The number of aryl methyl sites for hydroxylation is 2. The van der Waals surface area contributed by atoms with Gasteiger partial charge in [0.1, 0.15) is 5.69 Å². The Hall–Kier alpha value is -3.50. The Balaban J connectivity index is 1.37. The average Bonchev–Trinajstić information content (AvgIpc) is 3.47. The zero-order chi connectivity index (χ0) is 23.9. The van der Waals surface area contributed by atoms with E-state index in [4.69, 9.17) is 4.42 Å². The first-order valence-corrected chi connectivity index (χ1v) is 12.6. The van der Waals surface area contributed by atoms with Crippen molar-refractivity contribution in [1.82, 2.24) is 24.4 Å². The van der Waals surface area contributed by atoms with Crippen LogP contribution >= 0.6 is 0 Å². The predicted molar refractivity (Wildman–Crippen MR) is 127 cm³/mol. The van der Waals surface area contributed by atoms with E-state index in [-0.39, 0.29) is 16.8 Å². The molecule has 0 atom stereocenters. The number of sulfonamides is 1. The second kappa shape index (κ2) is 8.69. The summed E-state index contributed by atoms with van der Waals surface area (Å²) in [5, 5.41) is 5.18. The molecule has 9 nitrogen and oxygen atoms in total. The summed E-state index contributed by atoms with van der Waals surface area (Å²) in [6, 6.07) is 13.4. The summed E-state index contributed by atoms with van der Waals surface area (Å²) in [5.74, 6) is 0.449. The van der Waals surface area contributed by atoms with Crippen LogP contribution in [0.4, 0.5) is 0 Å². The van der Waals surface area contributed by atoms with Gasteiger partial charge in [-0.3, -0.25) is 9.48 Å². The lowest BCUT2D eigenvalue weighted by Crippen LogP contribution is -2.46. The van der Waals surface area contributed by atoms with Crippen molar-refractivity contribution in [3.63, 3.8) is 0 Å². The fourth-order valence-corrected chi connectivity index (χ4v) is 5.75. The van der Waals surface area contributed by atoms with Crippen molar-refractivity contribution in [2.45, 2.75) is 30.7 Å². The lowest BCUT2D eigenvalue weighted by molar-refractivity contribution is 0.0713. The Bertz CT molecular complexity index is 1440. The molecular weight excluding hydrogens is 454 g/mol. The smallest absolute Gasteiger partial charge is 0.254 e. The van der Waals surface area contributed by atoms with Gasteiger partial charge in [0.25, 0.3) is 5.91 Å². The maximum Gasteiger partial charge on any atom is 0.254 e. The first-order chi connectivity index (χ1) is 16.3. The van der Waals surface area contributed by atoms with Crippen LogP contribution in [0.15, 0.2) is 64.1 Å². The molecule has 1 saturated heterocycles. The van der Waals surface area contributed by atoms with Gasteiger partial charge in [-0.2, -0.15) is 5.10 Å². The minimum Gasteiger partial charge on any atom is -0.463 e. The Labute approximate surface area is 197 Å². The predicted octanol–water partition coefficient (Wildman–Crippen LogP) is 3.12. The van der Waals surface area contributed by atoms with Crippen molar-refractivity contribution in [2.24, 2.45) is 7.05 Å². The molecule has 0 radical (unpaired) electrons. The number of piperidine rings is 1. The molecule has 1 aliphatic rings. The van der Waals surface area contributed by atoms with E-state index in [0.29, 0.717) is 48.6 Å². The van der Waals surface area contributed by atoms with Crippen LogP contribution in [0.2, 0.25) is 0 Å². The molecule has 1 aromatic carbocycles. The molecule has 0 bridgehead atoms. The largest absolute Gasteiger partial charge is 0.463 e. The number of carbonyl (C=O) groups excluding carboxylic acids is 1. The van der Waals surface area contributed by atoms with Gasteiger partial charge in [0.05, 0.1) is 27.8 Å². The molecule has 1 fully saturated rings. The van der Waals surface area contributed by atoms with Gasteiger partial charge in [0.2, 0.25) is 10.0 Å². The van der Waals surface area contributed by atoms with Gasteiger partial charge in [0.15, 0.2) is 11.4 Å². The number of pyridine rings is 1. The number of amides is 1. The quantitative estimate of drug-likeness (QED) is 0.471. The zero-order valence-electron chi connectivity index (χ0n) is 18.9. The molecule has 3 aromatic heterocycles. The standard InChI is InChI=1S/C24H25N5O4S/c1-16-22-19(15-20(21-9-6-14-33-21)25-23(22)28(2)26-16)24(30)29-12-10-17(11-13-29)27-34(31,32)18-7-4-3-5-8-18/h3-9,14-15,17,27H,10-13H2,1-2H3. The maximum absolute atomic E-state index is 13.6. The average molecular weight is 480 g/mol. The third-order valence-electron chi connectivity index (χ3n) is 6.13. The number of rotatable bonds is 5. The Morgan fingerprint density at radius 1 is 1.12 bits per heavy atom. The highest BCUT2D eigenvalue weighted by molar-refractivity contribution is 7.89. The van der Waals surface area contributed by atoms with E-state index in [1.54, 1.807) is 71.4 Å². The van der Waals surface area contributed by atoms with E-state index in [1.165, 1.54) is 0 Å². The van der Waals surface area contributed by atoms with E-state index < -0.39 is 10.0 Å². The molecular formula is C24H25N5O4S. The highest BCUT2D eigenvalue weighted by Crippen LogP contribution is 2.29. The molecule has 1 N–H and O–H groups in total. The van der Waals surface area contributed by atoms with Crippen LogP contribution in [-0.4, -0.2) is 53.1 Å². The summed E-state index contributed by atoms with van der Waals surface area (Å²) in [6.45, 7) is 2.75. The first-order valence-electron chi connectivity index (χ1n) is 11.1. The van der Waals surface area contributed by atoms with Crippen LogP contribution in [-0.2, 0) is 17.1 Å². The molecule has 1 aliphatic heterocycles. The number of fused-ring (bicyclic) bond motifs is 1. The van der Waals surface area contributed by atoms with Gasteiger partial charge in [-0.05, 0) is 50.1 Å². The van der Waals surface area contributed by atoms with Gasteiger partial charge in [-0.25, -0.2) is 18.1 Å². The lowest BCUT2D eigenvalue weighted by atomic mass is 10.0. The number of benzene rings is 1. The minimum absolute atomic E-state index is 0.124. The fraction of sp³-hybridized carbons (Fsp3) is 0.292. The van der Waals surface area contributed by atoms with Gasteiger partial charge < -0.3 is 9.32 Å². The number of hydrogen-bond acceptors (Lipinski definition) is 6. The van der Waals surface area contributed by atoms with Crippen LogP contribution in [0.3, 0.4) is 0 Å². The highest BCUT2D eigenvalue weighted by Gasteiger charge is 2.29. The van der Waals surface area contributed by atoms with Crippen molar-refractivity contribution >= 4 is 27.0 Å². The summed E-state index contributed by atoms with van der Waals surface area (Å²) < 4.78 is 35.3. The molecule has 4 aromatic rings. The Morgan fingerprint density at radius 2 is 1.85 bits per heavy atom. The molecule has 10 heteroatoms. The topological polar surface area (TPSA) is 110 Å². The molecule has 0 spiro atoms. The zero-order valence-corrected chi connectivity index (χ0v) is 19.7. The van der Waals surface area contributed by atoms with E-state index in [1.807, 2.05) is 6.92 Å². The summed E-state index contributed by atoms with van der Waals surface area (Å²) in [7, 11) is -1.80. The third kappa shape index (κ3) is 4.10. The van der Waals surface area contributed by atoms with Crippen LogP contribution in [0.5, 0.6) is 0 Å². The molecule has 34 heavy (non-hydrogen) atoms. The van der Waals surface area contributed by atoms with Crippen LogP contribution < -0.4 is 4.72 Å². The second-order valence-corrected chi connectivity index (χ2v) is 10.2. The normalized spacial score (nSPS) is 15.2. The van der Waals surface area contributed by atoms with E-state index in [0.717, 1.165) is 11.1 Å². The van der Waals surface area contributed by atoms with Gasteiger partial charge in [0, 0.05) is 26.2 Å². The van der Waals surface area contributed by atoms with Crippen molar-refractivity contribution in [1.29, 1.82) is 0 Å². The third-order valence-corrected chi connectivity index (χ3v) is 7.67. The Kier molecular flexibility index (Phi) is 5.70. The van der Waals surface area contributed by atoms with Crippen LogP contribution in [0.1, 0.15) is 28.9 Å². The number of hydrogen-bond donors (Lipinski definition) is 1.